The Morgan fingerprint density at radius 1 is 1.32 bits per heavy atom. The number of nitrogens with zero attached hydrogens (tertiary/aromatic N) is 4. The molecule has 0 unspecified atom stereocenters. The van der Waals surface area contributed by atoms with Crippen molar-refractivity contribution in [1.82, 2.24) is 9.66 Å². The van der Waals surface area contributed by atoms with E-state index >= 15 is 0 Å². The van der Waals surface area contributed by atoms with Gasteiger partial charge in [0, 0.05) is 0 Å². The minimum Gasteiger partial charge on any atom is -0.400 e. The maximum absolute atomic E-state index is 10.5. The normalized spacial score (nSPS) is 11.4. The van der Waals surface area contributed by atoms with Crippen molar-refractivity contribution < 1.29 is 9.34 Å². The van der Waals surface area contributed by atoms with Gasteiger partial charge in [0.05, 0.1) is 23.3 Å². The average molecular weight is 256 g/mol. The summed E-state index contributed by atoms with van der Waals surface area (Å²) >= 11 is 0. The van der Waals surface area contributed by atoms with Gasteiger partial charge in [0.25, 0.3) is 0 Å². The van der Waals surface area contributed by atoms with E-state index in [1.54, 1.807) is 11.0 Å². The molecule has 0 radical (unpaired) electrons. The molecule has 0 saturated heterocycles. The summed E-state index contributed by atoms with van der Waals surface area (Å²) in [5, 5.41) is 14.6. The summed E-state index contributed by atoms with van der Waals surface area (Å²) in [7, 11) is 0. The molecule has 0 spiro atoms. The molecule has 2 aromatic heterocycles. The SMILES string of the molecule is O=[N+]([O-])c1ccc(C=Nn2cnc3ccccc32)o1. The monoisotopic (exact) mass is 256 g/mol. The first-order valence-corrected chi connectivity index (χ1v) is 5.45. The van der Waals surface area contributed by atoms with Gasteiger partial charge in [-0.3, -0.25) is 10.1 Å². The van der Waals surface area contributed by atoms with Gasteiger partial charge >= 0.3 is 5.88 Å². The molecule has 7 heteroatoms. The van der Waals surface area contributed by atoms with Gasteiger partial charge in [0.1, 0.15) is 11.3 Å². The average Bonchev–Trinajstić information content (AvgIpc) is 3.03. The fourth-order valence-corrected chi connectivity index (χ4v) is 1.67. The molecular weight excluding hydrogens is 248 g/mol. The molecule has 7 nitrogen and oxygen atoms in total. The number of nitro groups is 1. The lowest BCUT2D eigenvalue weighted by molar-refractivity contribution is -0.402. The zero-order valence-corrected chi connectivity index (χ0v) is 9.63. The Labute approximate surface area is 106 Å². The number of furan rings is 1. The lowest BCUT2D eigenvalue weighted by Gasteiger charge is -1.93. The highest BCUT2D eigenvalue weighted by atomic mass is 16.6. The van der Waals surface area contributed by atoms with Crippen molar-refractivity contribution in [2.75, 3.05) is 0 Å². The quantitative estimate of drug-likeness (QED) is 0.409. The Morgan fingerprint density at radius 2 is 2.16 bits per heavy atom. The lowest BCUT2D eigenvalue weighted by atomic mass is 10.3. The molecule has 3 rings (SSSR count). The van der Waals surface area contributed by atoms with Crippen LogP contribution in [0.15, 0.2) is 52.2 Å². The van der Waals surface area contributed by atoms with Gasteiger partial charge in [-0.25, -0.2) is 9.66 Å². The zero-order chi connectivity index (χ0) is 13.2. The van der Waals surface area contributed by atoms with Crippen LogP contribution >= 0.6 is 0 Å². The summed E-state index contributed by atoms with van der Waals surface area (Å²) in [5.74, 6) is 0.00132. The van der Waals surface area contributed by atoms with Crippen LogP contribution in [0.2, 0.25) is 0 Å². The number of rotatable bonds is 3. The summed E-state index contributed by atoms with van der Waals surface area (Å²) < 4.78 is 6.55. The third-order valence-corrected chi connectivity index (χ3v) is 2.54. The van der Waals surface area contributed by atoms with Crippen molar-refractivity contribution in [3.63, 3.8) is 0 Å². The first-order valence-electron chi connectivity index (χ1n) is 5.45. The van der Waals surface area contributed by atoms with Crippen LogP contribution in [0.5, 0.6) is 0 Å². The van der Waals surface area contributed by atoms with E-state index in [9.17, 15) is 10.1 Å². The first kappa shape index (κ1) is 11.1. The molecule has 0 aliphatic carbocycles. The molecule has 0 aliphatic rings. The highest BCUT2D eigenvalue weighted by molar-refractivity contribution is 5.79. The molecule has 0 amide bonds. The molecule has 0 saturated carbocycles. The van der Waals surface area contributed by atoms with Crippen molar-refractivity contribution in [3.8, 4) is 0 Å². The summed E-state index contributed by atoms with van der Waals surface area (Å²) in [5.41, 5.74) is 1.67. The molecule has 2 heterocycles. The predicted octanol–water partition coefficient (Wildman–Crippen LogP) is 2.42. The smallest absolute Gasteiger partial charge is 0.400 e. The van der Waals surface area contributed by atoms with Gasteiger partial charge in [-0.05, 0) is 18.2 Å². The number of imidazole rings is 1. The second kappa shape index (κ2) is 4.37. The van der Waals surface area contributed by atoms with Crippen molar-refractivity contribution in [3.05, 3.63) is 58.6 Å². The lowest BCUT2D eigenvalue weighted by Crippen LogP contribution is -1.87. The maximum atomic E-state index is 10.5. The first-order chi connectivity index (χ1) is 9.24. The van der Waals surface area contributed by atoms with E-state index in [-0.39, 0.29) is 5.88 Å². The van der Waals surface area contributed by atoms with Crippen LogP contribution in [0.3, 0.4) is 0 Å². The van der Waals surface area contributed by atoms with Crippen LogP contribution in [0.1, 0.15) is 5.76 Å². The highest BCUT2D eigenvalue weighted by Crippen LogP contribution is 2.15. The van der Waals surface area contributed by atoms with Crippen LogP contribution in [-0.2, 0) is 0 Å². The summed E-state index contributed by atoms with van der Waals surface area (Å²) in [6, 6.07) is 10.3. The van der Waals surface area contributed by atoms with Gasteiger partial charge in [-0.15, -0.1) is 0 Å². The van der Waals surface area contributed by atoms with Gasteiger partial charge in [0.15, 0.2) is 5.76 Å². The summed E-state index contributed by atoms with van der Waals surface area (Å²) in [6.45, 7) is 0. The number of aromatic nitrogens is 2. The summed E-state index contributed by atoms with van der Waals surface area (Å²) in [4.78, 5) is 14.1. The van der Waals surface area contributed by atoms with Crippen LogP contribution in [0.25, 0.3) is 11.0 Å². The molecule has 19 heavy (non-hydrogen) atoms. The van der Waals surface area contributed by atoms with Crippen molar-refractivity contribution in [2.45, 2.75) is 0 Å². The Balaban J connectivity index is 1.91. The number of benzene rings is 1. The number of hydrogen-bond acceptors (Lipinski definition) is 5. The number of para-hydroxylation sites is 2. The summed E-state index contributed by atoms with van der Waals surface area (Å²) in [6.07, 6.45) is 2.97. The zero-order valence-electron chi connectivity index (χ0n) is 9.63. The topological polar surface area (TPSA) is 86.5 Å². The van der Waals surface area contributed by atoms with Gasteiger partial charge < -0.3 is 4.42 Å². The van der Waals surface area contributed by atoms with Crippen LogP contribution in [0.4, 0.5) is 5.88 Å². The molecule has 0 bridgehead atoms. The van der Waals surface area contributed by atoms with E-state index in [0.29, 0.717) is 5.76 Å². The Morgan fingerprint density at radius 3 is 2.95 bits per heavy atom. The second-order valence-electron chi connectivity index (χ2n) is 3.76. The van der Waals surface area contributed by atoms with E-state index in [1.807, 2.05) is 24.3 Å². The molecule has 94 valence electrons. The Bertz CT molecular complexity index is 772. The van der Waals surface area contributed by atoms with Crippen LogP contribution in [0, 0.1) is 10.1 Å². The largest absolute Gasteiger partial charge is 0.433 e. The van der Waals surface area contributed by atoms with E-state index < -0.39 is 4.92 Å². The Hall–Kier alpha value is -2.96. The van der Waals surface area contributed by atoms with Crippen LogP contribution in [-0.4, -0.2) is 20.8 Å². The second-order valence-corrected chi connectivity index (χ2v) is 3.76. The van der Waals surface area contributed by atoms with Crippen molar-refractivity contribution >= 4 is 23.1 Å². The molecule has 0 N–H and O–H groups in total. The molecule has 0 aliphatic heterocycles. The fourth-order valence-electron chi connectivity index (χ4n) is 1.67. The van der Waals surface area contributed by atoms with Gasteiger partial charge in [0.2, 0.25) is 0 Å². The standard InChI is InChI=1S/C12H8N4O3/c17-16(18)12-6-5-9(19-12)7-14-15-8-13-10-3-1-2-4-11(10)15/h1-8H. The van der Waals surface area contributed by atoms with Gasteiger partial charge in [-0.1, -0.05) is 12.1 Å². The third-order valence-electron chi connectivity index (χ3n) is 2.54. The molecular formula is C12H8N4O3. The van der Waals surface area contributed by atoms with E-state index in [0.717, 1.165) is 11.0 Å². The Kier molecular flexibility index (Phi) is 2.57. The third kappa shape index (κ3) is 2.08. The van der Waals surface area contributed by atoms with E-state index in [2.05, 4.69) is 10.1 Å². The van der Waals surface area contributed by atoms with Gasteiger partial charge in [-0.2, -0.15) is 5.10 Å². The van der Waals surface area contributed by atoms with E-state index in [4.69, 9.17) is 4.42 Å². The van der Waals surface area contributed by atoms with Crippen molar-refractivity contribution in [2.24, 2.45) is 5.10 Å². The predicted molar refractivity (Wildman–Crippen MR) is 68.1 cm³/mol. The number of hydrogen-bond donors (Lipinski definition) is 0. The number of fused-ring (bicyclic) bond motifs is 1. The van der Waals surface area contributed by atoms with Crippen molar-refractivity contribution in [1.29, 1.82) is 0 Å². The minimum absolute atomic E-state index is 0.308. The minimum atomic E-state index is -0.593. The van der Waals surface area contributed by atoms with E-state index in [1.165, 1.54) is 18.3 Å². The van der Waals surface area contributed by atoms with Crippen LogP contribution < -0.4 is 0 Å². The molecule has 3 aromatic rings. The highest BCUT2D eigenvalue weighted by Gasteiger charge is 2.10. The maximum Gasteiger partial charge on any atom is 0.433 e. The molecule has 1 aromatic carbocycles. The molecule has 0 atom stereocenters. The fraction of sp³-hybridized carbons (Fsp3) is 0. The molecule has 0 fully saturated rings.